The zero-order chi connectivity index (χ0) is 17.0. The zero-order valence-electron chi connectivity index (χ0n) is 12.9. The van der Waals surface area contributed by atoms with Gasteiger partial charge in [0.05, 0.1) is 11.8 Å². The van der Waals surface area contributed by atoms with Crippen LogP contribution in [-0.2, 0) is 24.6 Å². The van der Waals surface area contributed by atoms with Crippen LogP contribution < -0.4 is 5.32 Å². The summed E-state index contributed by atoms with van der Waals surface area (Å²) in [6.45, 7) is 2.08. The molecule has 0 saturated heterocycles. The molecule has 0 saturated carbocycles. The molecule has 0 fully saturated rings. The Bertz CT molecular complexity index is 679. The van der Waals surface area contributed by atoms with Gasteiger partial charge < -0.3 is 5.32 Å². The number of carbonyl (C=O) groups excluding carboxylic acids is 1. The minimum atomic E-state index is -4.38. The summed E-state index contributed by atoms with van der Waals surface area (Å²) in [5.74, 6) is -0.509. The fourth-order valence-corrected chi connectivity index (χ4v) is 2.25. The zero-order valence-corrected chi connectivity index (χ0v) is 12.9. The molecule has 1 aromatic carbocycles. The molecule has 0 unspecified atom stereocenters. The number of carbonyl (C=O) groups is 1. The molecular formula is C16H18F3N3O. The summed E-state index contributed by atoms with van der Waals surface area (Å²) >= 11 is 0. The number of aromatic nitrogens is 2. The third kappa shape index (κ3) is 4.84. The number of aryl methyl sites for hydroxylation is 1. The van der Waals surface area contributed by atoms with Crippen molar-refractivity contribution in [2.45, 2.75) is 32.0 Å². The highest BCUT2D eigenvalue weighted by Crippen LogP contribution is 2.31. The van der Waals surface area contributed by atoms with Gasteiger partial charge in [0.1, 0.15) is 0 Å². The number of nitrogens with one attached hydrogen (secondary N) is 1. The normalized spacial score (nSPS) is 12.9. The van der Waals surface area contributed by atoms with Crippen molar-refractivity contribution in [3.05, 3.63) is 53.3 Å². The summed E-state index contributed by atoms with van der Waals surface area (Å²) in [6, 6.07) is 5.09. The van der Waals surface area contributed by atoms with E-state index in [4.69, 9.17) is 0 Å². The second-order valence-electron chi connectivity index (χ2n) is 5.53. The summed E-state index contributed by atoms with van der Waals surface area (Å²) < 4.78 is 39.8. The largest absolute Gasteiger partial charge is 0.416 e. The maximum Gasteiger partial charge on any atom is 0.416 e. The van der Waals surface area contributed by atoms with E-state index < -0.39 is 11.7 Å². The first-order valence-corrected chi connectivity index (χ1v) is 7.17. The van der Waals surface area contributed by atoms with Gasteiger partial charge in [-0.25, -0.2) is 0 Å². The molecular weight excluding hydrogens is 307 g/mol. The number of hydrogen-bond donors (Lipinski definition) is 1. The maximum atomic E-state index is 12.7. The Morgan fingerprint density at radius 3 is 2.74 bits per heavy atom. The van der Waals surface area contributed by atoms with Crippen molar-refractivity contribution in [1.29, 1.82) is 0 Å². The highest BCUT2D eigenvalue weighted by atomic mass is 19.4. The van der Waals surface area contributed by atoms with E-state index in [1.807, 2.05) is 0 Å². The van der Waals surface area contributed by atoms with Gasteiger partial charge in [0.25, 0.3) is 0 Å². The summed E-state index contributed by atoms with van der Waals surface area (Å²) in [4.78, 5) is 11.9. The van der Waals surface area contributed by atoms with Crippen LogP contribution >= 0.6 is 0 Å². The van der Waals surface area contributed by atoms with Gasteiger partial charge in [0.2, 0.25) is 5.91 Å². The second-order valence-corrected chi connectivity index (χ2v) is 5.53. The predicted molar refractivity (Wildman–Crippen MR) is 79.5 cm³/mol. The van der Waals surface area contributed by atoms with Crippen LogP contribution in [-0.4, -0.2) is 15.7 Å². The minimum Gasteiger partial charge on any atom is -0.352 e. The minimum absolute atomic E-state index is 0.127. The summed E-state index contributed by atoms with van der Waals surface area (Å²) in [6.07, 6.45) is -0.813. The van der Waals surface area contributed by atoms with E-state index in [9.17, 15) is 18.0 Å². The fraction of sp³-hybridized carbons (Fsp3) is 0.375. The maximum absolute atomic E-state index is 12.7. The monoisotopic (exact) mass is 325 g/mol. The van der Waals surface area contributed by atoms with E-state index in [1.165, 1.54) is 6.07 Å². The first-order chi connectivity index (χ1) is 10.8. The number of amides is 1. The SMILES string of the molecule is C[C@H](CC(=O)NCc1cnn(C)c1)c1cccc(C(F)(F)F)c1. The Morgan fingerprint density at radius 1 is 1.39 bits per heavy atom. The highest BCUT2D eigenvalue weighted by Gasteiger charge is 2.30. The van der Waals surface area contributed by atoms with Gasteiger partial charge in [-0.15, -0.1) is 0 Å². The highest BCUT2D eigenvalue weighted by molar-refractivity contribution is 5.76. The van der Waals surface area contributed by atoms with Crippen molar-refractivity contribution in [1.82, 2.24) is 15.1 Å². The van der Waals surface area contributed by atoms with Crippen LogP contribution in [0.1, 0.15) is 36.0 Å². The van der Waals surface area contributed by atoms with Crippen molar-refractivity contribution in [2.75, 3.05) is 0 Å². The van der Waals surface area contributed by atoms with Crippen molar-refractivity contribution in [3.63, 3.8) is 0 Å². The lowest BCUT2D eigenvalue weighted by Crippen LogP contribution is -2.24. The van der Waals surface area contributed by atoms with Crippen LogP contribution in [0.25, 0.3) is 0 Å². The van der Waals surface area contributed by atoms with Crippen LogP contribution in [0.4, 0.5) is 13.2 Å². The first-order valence-electron chi connectivity index (χ1n) is 7.17. The molecule has 0 aliphatic heterocycles. The lowest BCUT2D eigenvalue weighted by molar-refractivity contribution is -0.137. The molecule has 124 valence electrons. The molecule has 1 heterocycles. The average Bonchev–Trinajstić information content (AvgIpc) is 2.90. The summed E-state index contributed by atoms with van der Waals surface area (Å²) in [5, 5.41) is 6.74. The van der Waals surface area contributed by atoms with Gasteiger partial charge in [-0.05, 0) is 17.5 Å². The van der Waals surface area contributed by atoms with Crippen LogP contribution in [0, 0.1) is 0 Å². The molecule has 23 heavy (non-hydrogen) atoms. The number of hydrogen-bond acceptors (Lipinski definition) is 2. The van der Waals surface area contributed by atoms with E-state index in [0.717, 1.165) is 17.7 Å². The molecule has 2 rings (SSSR count). The molecule has 1 amide bonds. The smallest absolute Gasteiger partial charge is 0.352 e. The molecule has 1 atom stereocenters. The molecule has 0 spiro atoms. The number of nitrogens with zero attached hydrogens (tertiary/aromatic N) is 2. The lowest BCUT2D eigenvalue weighted by atomic mass is 9.95. The molecule has 1 aromatic heterocycles. The Labute approximate surface area is 132 Å². The predicted octanol–water partition coefficient (Wildman–Crippen LogP) is 3.25. The van der Waals surface area contributed by atoms with Gasteiger partial charge in [0.15, 0.2) is 0 Å². The molecule has 0 aliphatic carbocycles. The van der Waals surface area contributed by atoms with Gasteiger partial charge in [0, 0.05) is 31.8 Å². The summed E-state index contributed by atoms with van der Waals surface area (Å²) in [5.41, 5.74) is 0.668. The van der Waals surface area contributed by atoms with E-state index >= 15 is 0 Å². The molecule has 0 radical (unpaired) electrons. The Balaban J connectivity index is 1.93. The molecule has 1 N–H and O–H groups in total. The Kier molecular flexibility index (Phi) is 5.08. The number of rotatable bonds is 5. The van der Waals surface area contributed by atoms with Gasteiger partial charge in [-0.1, -0.05) is 25.1 Å². The molecule has 0 bridgehead atoms. The van der Waals surface area contributed by atoms with E-state index in [0.29, 0.717) is 12.1 Å². The fourth-order valence-electron chi connectivity index (χ4n) is 2.25. The Morgan fingerprint density at radius 2 is 2.13 bits per heavy atom. The van der Waals surface area contributed by atoms with E-state index in [-0.39, 0.29) is 18.2 Å². The van der Waals surface area contributed by atoms with Crippen molar-refractivity contribution < 1.29 is 18.0 Å². The van der Waals surface area contributed by atoms with Crippen molar-refractivity contribution in [3.8, 4) is 0 Å². The topological polar surface area (TPSA) is 46.9 Å². The third-order valence-electron chi connectivity index (χ3n) is 3.52. The van der Waals surface area contributed by atoms with Crippen molar-refractivity contribution >= 4 is 5.91 Å². The molecule has 4 nitrogen and oxygen atoms in total. The van der Waals surface area contributed by atoms with Crippen LogP contribution in [0.15, 0.2) is 36.7 Å². The quantitative estimate of drug-likeness (QED) is 0.917. The first kappa shape index (κ1) is 17.1. The molecule has 2 aromatic rings. The van der Waals surface area contributed by atoms with Crippen LogP contribution in [0.2, 0.25) is 0 Å². The molecule has 0 aliphatic rings. The second kappa shape index (κ2) is 6.85. The summed E-state index contributed by atoms with van der Waals surface area (Å²) in [7, 11) is 1.78. The van der Waals surface area contributed by atoms with E-state index in [2.05, 4.69) is 10.4 Å². The van der Waals surface area contributed by atoms with Gasteiger partial charge >= 0.3 is 6.18 Å². The van der Waals surface area contributed by atoms with Crippen molar-refractivity contribution in [2.24, 2.45) is 7.05 Å². The van der Waals surface area contributed by atoms with E-state index in [1.54, 1.807) is 37.1 Å². The molecule has 7 heteroatoms. The standard InChI is InChI=1S/C16H18F3N3O/c1-11(13-4-3-5-14(7-13)16(17,18)19)6-15(23)20-8-12-9-21-22(2)10-12/h3-5,7,9-11H,6,8H2,1-2H3,(H,20,23)/t11-/m1/s1. The van der Waals surface area contributed by atoms with Gasteiger partial charge in [-0.3, -0.25) is 9.48 Å². The van der Waals surface area contributed by atoms with Gasteiger partial charge in [-0.2, -0.15) is 18.3 Å². The number of halogens is 3. The van der Waals surface area contributed by atoms with Crippen LogP contribution in [0.3, 0.4) is 0 Å². The van der Waals surface area contributed by atoms with Crippen LogP contribution in [0.5, 0.6) is 0 Å². The number of benzene rings is 1. The average molecular weight is 325 g/mol. The third-order valence-corrected chi connectivity index (χ3v) is 3.52. The Hall–Kier alpha value is -2.31. The number of alkyl halides is 3. The lowest BCUT2D eigenvalue weighted by Gasteiger charge is -2.14.